The highest BCUT2D eigenvalue weighted by Crippen LogP contribution is 2.24. The van der Waals surface area contributed by atoms with Crippen LogP contribution in [0.15, 0.2) is 36.5 Å². The van der Waals surface area contributed by atoms with E-state index in [-0.39, 0.29) is 29.1 Å². The van der Waals surface area contributed by atoms with Crippen molar-refractivity contribution in [1.82, 2.24) is 25.3 Å². The molecule has 148 valence electrons. The Hall–Kier alpha value is -3.44. The molecule has 3 rings (SSSR count). The van der Waals surface area contributed by atoms with Crippen molar-refractivity contribution >= 4 is 23.3 Å². The van der Waals surface area contributed by atoms with E-state index < -0.39 is 0 Å². The van der Waals surface area contributed by atoms with E-state index in [1.807, 2.05) is 25.3 Å². The zero-order chi connectivity index (χ0) is 21.0. The smallest absolute Gasteiger partial charge is 0.269 e. The Morgan fingerprint density at radius 3 is 2.76 bits per heavy atom. The number of nitrogens with one attached hydrogen (secondary N) is 2. The molecule has 3 aromatic rings. The number of H-pyrrole nitrogens is 1. The number of aromatic nitrogens is 4. The Labute approximate surface area is 172 Å². The van der Waals surface area contributed by atoms with Gasteiger partial charge in [-0.05, 0) is 30.7 Å². The summed E-state index contributed by atoms with van der Waals surface area (Å²) < 4.78 is 1.74. The zero-order valence-corrected chi connectivity index (χ0v) is 16.7. The molecule has 8 nitrogen and oxygen atoms in total. The van der Waals surface area contributed by atoms with Gasteiger partial charge in [0.2, 0.25) is 0 Å². The fraction of sp³-hybridized carbons (Fsp3) is 0.250. The first kappa shape index (κ1) is 20.3. The second kappa shape index (κ2) is 8.71. The number of hydrogen-bond donors (Lipinski definition) is 2. The Morgan fingerprint density at radius 2 is 2.14 bits per heavy atom. The van der Waals surface area contributed by atoms with Gasteiger partial charge in [-0.2, -0.15) is 15.5 Å². The summed E-state index contributed by atoms with van der Waals surface area (Å²) >= 11 is 6.10. The summed E-state index contributed by atoms with van der Waals surface area (Å²) in [4.78, 5) is 23.7. The maximum atomic E-state index is 12.4. The third kappa shape index (κ3) is 4.70. The predicted molar refractivity (Wildman–Crippen MR) is 108 cm³/mol. The molecular weight excluding hydrogens is 392 g/mol. The van der Waals surface area contributed by atoms with Crippen LogP contribution in [-0.4, -0.2) is 37.7 Å². The molecule has 2 N–H and O–H groups in total. The molecule has 0 saturated carbocycles. The number of benzene rings is 1. The maximum absolute atomic E-state index is 12.4. The number of rotatable bonds is 7. The van der Waals surface area contributed by atoms with E-state index in [4.69, 9.17) is 16.9 Å². The van der Waals surface area contributed by atoms with Gasteiger partial charge in [0.1, 0.15) is 17.5 Å². The fourth-order valence-corrected chi connectivity index (χ4v) is 2.99. The van der Waals surface area contributed by atoms with E-state index >= 15 is 0 Å². The molecule has 0 saturated heterocycles. The van der Waals surface area contributed by atoms with Crippen LogP contribution in [0.1, 0.15) is 46.8 Å². The van der Waals surface area contributed by atoms with Crippen molar-refractivity contribution in [2.45, 2.75) is 32.9 Å². The number of hydrogen-bond acceptors (Lipinski definition) is 5. The van der Waals surface area contributed by atoms with Crippen LogP contribution in [-0.2, 0) is 6.54 Å². The van der Waals surface area contributed by atoms with Crippen molar-refractivity contribution in [2.75, 3.05) is 0 Å². The van der Waals surface area contributed by atoms with Crippen molar-refractivity contribution < 1.29 is 9.59 Å². The van der Waals surface area contributed by atoms with E-state index in [1.54, 1.807) is 22.9 Å². The number of nitrogens with zero attached hydrogens (tertiary/aromatic N) is 4. The molecule has 0 aliphatic rings. The molecule has 0 aliphatic carbocycles. The van der Waals surface area contributed by atoms with Gasteiger partial charge in [-0.15, -0.1) is 0 Å². The van der Waals surface area contributed by atoms with Gasteiger partial charge in [0.05, 0.1) is 22.8 Å². The zero-order valence-electron chi connectivity index (χ0n) is 15.9. The maximum Gasteiger partial charge on any atom is 0.269 e. The highest BCUT2D eigenvalue weighted by Gasteiger charge is 2.17. The Kier molecular flexibility index (Phi) is 6.10. The van der Waals surface area contributed by atoms with Crippen molar-refractivity contribution in [3.8, 4) is 17.3 Å². The molecule has 29 heavy (non-hydrogen) atoms. The molecule has 1 atom stereocenters. The molecule has 0 fully saturated rings. The lowest BCUT2D eigenvalue weighted by Gasteiger charge is -2.16. The molecule has 2 aromatic heterocycles. The predicted octanol–water partition coefficient (Wildman–Crippen LogP) is 3.21. The van der Waals surface area contributed by atoms with Crippen LogP contribution in [0.25, 0.3) is 11.3 Å². The second-order valence-electron chi connectivity index (χ2n) is 6.53. The molecule has 1 amide bonds. The van der Waals surface area contributed by atoms with Gasteiger partial charge in [-0.3, -0.25) is 19.4 Å². The topological polar surface area (TPSA) is 116 Å². The summed E-state index contributed by atoms with van der Waals surface area (Å²) in [7, 11) is 0. The Bertz CT molecular complexity index is 1090. The molecule has 0 spiro atoms. The fourth-order valence-electron chi connectivity index (χ4n) is 2.77. The number of Topliss-reactive ketones (excluding diaryl/α,β-unsaturated/α-hetero) is 1. The van der Waals surface area contributed by atoms with Crippen LogP contribution in [0.4, 0.5) is 0 Å². The third-order valence-corrected chi connectivity index (χ3v) is 4.76. The van der Waals surface area contributed by atoms with E-state index in [0.717, 1.165) is 11.3 Å². The highest BCUT2D eigenvalue weighted by molar-refractivity contribution is 6.32. The minimum atomic E-state index is -0.330. The van der Waals surface area contributed by atoms with Crippen LogP contribution >= 0.6 is 11.6 Å². The first-order valence-electron chi connectivity index (χ1n) is 9.02. The van der Waals surface area contributed by atoms with E-state index in [0.29, 0.717) is 23.6 Å². The molecule has 9 heteroatoms. The van der Waals surface area contributed by atoms with Crippen molar-refractivity contribution in [3.05, 3.63) is 58.5 Å². The number of nitriles is 1. The number of halogens is 1. The van der Waals surface area contributed by atoms with Gasteiger partial charge >= 0.3 is 0 Å². The normalized spacial score (nSPS) is 11.7. The van der Waals surface area contributed by atoms with E-state index in [9.17, 15) is 9.59 Å². The molecule has 2 heterocycles. The average molecular weight is 411 g/mol. The summed E-state index contributed by atoms with van der Waals surface area (Å²) in [5, 5.41) is 23.2. The van der Waals surface area contributed by atoms with E-state index in [2.05, 4.69) is 20.6 Å². The van der Waals surface area contributed by atoms with E-state index in [1.165, 1.54) is 13.0 Å². The van der Waals surface area contributed by atoms with Crippen molar-refractivity contribution in [3.63, 3.8) is 0 Å². The lowest BCUT2D eigenvalue weighted by molar-refractivity contribution is 0.0925. The first-order valence-corrected chi connectivity index (χ1v) is 9.39. The first-order chi connectivity index (χ1) is 13.9. The molecular formula is C20H19ClN6O2. The number of amides is 1. The van der Waals surface area contributed by atoms with Crippen molar-refractivity contribution in [1.29, 1.82) is 5.26 Å². The minimum absolute atomic E-state index is 0.163. The Morgan fingerprint density at radius 1 is 1.34 bits per heavy atom. The largest absolute Gasteiger partial charge is 0.346 e. The number of ketones is 1. The minimum Gasteiger partial charge on any atom is -0.346 e. The molecule has 1 aromatic carbocycles. The third-order valence-electron chi connectivity index (χ3n) is 4.44. The summed E-state index contributed by atoms with van der Waals surface area (Å²) in [6, 6.07) is 10.3. The van der Waals surface area contributed by atoms with Crippen molar-refractivity contribution in [2.24, 2.45) is 0 Å². The lowest BCUT2D eigenvalue weighted by Crippen LogP contribution is -2.37. The number of carbonyl (C=O) groups excluding carboxylic acids is 2. The monoisotopic (exact) mass is 410 g/mol. The van der Waals surface area contributed by atoms with Gasteiger partial charge in [0.25, 0.3) is 5.91 Å². The molecule has 0 aliphatic heterocycles. The van der Waals surface area contributed by atoms with Crippen LogP contribution in [0.3, 0.4) is 0 Å². The summed E-state index contributed by atoms with van der Waals surface area (Å²) in [6.45, 7) is 3.83. The van der Waals surface area contributed by atoms with Crippen LogP contribution in [0.5, 0.6) is 0 Å². The summed E-state index contributed by atoms with van der Waals surface area (Å²) in [5.74, 6) is -0.539. The van der Waals surface area contributed by atoms with Crippen LogP contribution in [0, 0.1) is 11.3 Å². The second-order valence-corrected chi connectivity index (χ2v) is 6.94. The average Bonchev–Trinajstić information content (AvgIpc) is 3.37. The van der Waals surface area contributed by atoms with Crippen LogP contribution < -0.4 is 5.32 Å². The lowest BCUT2D eigenvalue weighted by atomic mass is 10.1. The summed E-state index contributed by atoms with van der Waals surface area (Å²) in [5.41, 5.74) is 2.40. The molecule has 0 radical (unpaired) electrons. The molecule has 0 bridgehead atoms. The standard InChI is InChI=1S/C20H19ClN6O2/c1-3-15(23-20(29)19-9-18(12(2)28)24-25-19)11-27-7-6-17(26-27)13-4-5-14(10-22)16(21)8-13/h4-9,15H,3,11H2,1-2H3,(H,23,29)(H,24,25). The number of carbonyl (C=O) groups is 2. The number of aromatic amines is 1. The van der Waals surface area contributed by atoms with Gasteiger partial charge in [0.15, 0.2) is 5.78 Å². The van der Waals surface area contributed by atoms with Gasteiger partial charge in [0, 0.05) is 24.7 Å². The van der Waals surface area contributed by atoms with Gasteiger partial charge in [-0.25, -0.2) is 0 Å². The SMILES string of the molecule is CCC(Cn1ccc(-c2ccc(C#N)c(Cl)c2)n1)NC(=O)c1cc(C(C)=O)n[nH]1. The van der Waals surface area contributed by atoms with Gasteiger partial charge in [-0.1, -0.05) is 24.6 Å². The molecule has 1 unspecified atom stereocenters. The summed E-state index contributed by atoms with van der Waals surface area (Å²) in [6.07, 6.45) is 2.51. The quantitative estimate of drug-likeness (QED) is 0.580. The van der Waals surface area contributed by atoms with Gasteiger partial charge < -0.3 is 5.32 Å². The Balaban J connectivity index is 1.68. The van der Waals surface area contributed by atoms with Crippen LogP contribution in [0.2, 0.25) is 5.02 Å². The highest BCUT2D eigenvalue weighted by atomic mass is 35.5.